The summed E-state index contributed by atoms with van der Waals surface area (Å²) in [6.07, 6.45) is 5.63. The van der Waals surface area contributed by atoms with Gasteiger partial charge in [-0.1, -0.05) is 6.07 Å². The third-order valence-corrected chi connectivity index (χ3v) is 4.82. The SMILES string of the molecule is NC(=O)C1(c2ccc(N)nc2)CCCCN1C1CCNC1. The average molecular weight is 289 g/mol. The molecule has 3 rings (SSSR count). The summed E-state index contributed by atoms with van der Waals surface area (Å²) in [5.41, 5.74) is 11.7. The Morgan fingerprint density at radius 1 is 1.43 bits per heavy atom. The molecule has 2 atom stereocenters. The molecule has 0 aliphatic carbocycles. The Labute approximate surface area is 124 Å². The molecule has 0 aromatic carbocycles. The summed E-state index contributed by atoms with van der Waals surface area (Å²) in [5.74, 6) is 0.184. The third-order valence-electron chi connectivity index (χ3n) is 4.82. The van der Waals surface area contributed by atoms with Gasteiger partial charge in [-0.2, -0.15) is 0 Å². The fraction of sp³-hybridized carbons (Fsp3) is 0.600. The lowest BCUT2D eigenvalue weighted by Gasteiger charge is -2.48. The minimum atomic E-state index is -0.740. The molecule has 2 aliphatic rings. The standard InChI is InChI=1S/C15H23N5O/c16-13-4-3-11(9-19-13)15(14(17)21)6-1-2-8-20(15)12-5-7-18-10-12/h3-4,9,12,18H,1-2,5-8,10H2,(H2,16,19)(H2,17,21). The van der Waals surface area contributed by atoms with Crippen LogP contribution in [0.25, 0.3) is 0 Å². The van der Waals surface area contributed by atoms with E-state index in [0.717, 1.165) is 50.9 Å². The Morgan fingerprint density at radius 3 is 2.90 bits per heavy atom. The Hall–Kier alpha value is -1.66. The van der Waals surface area contributed by atoms with Gasteiger partial charge in [0.1, 0.15) is 11.4 Å². The highest BCUT2D eigenvalue weighted by Crippen LogP contribution is 2.39. The van der Waals surface area contributed by atoms with Gasteiger partial charge in [0.2, 0.25) is 5.91 Å². The van der Waals surface area contributed by atoms with Crippen molar-refractivity contribution in [3.63, 3.8) is 0 Å². The van der Waals surface area contributed by atoms with Crippen LogP contribution in [0, 0.1) is 0 Å². The van der Waals surface area contributed by atoms with E-state index in [1.54, 1.807) is 12.3 Å². The molecule has 114 valence electrons. The first-order chi connectivity index (χ1) is 10.1. The zero-order valence-electron chi connectivity index (χ0n) is 12.2. The number of nitrogens with zero attached hydrogens (tertiary/aromatic N) is 2. The number of anilines is 1. The molecule has 3 heterocycles. The second-order valence-corrected chi connectivity index (χ2v) is 5.99. The van der Waals surface area contributed by atoms with E-state index in [4.69, 9.17) is 11.5 Å². The normalized spacial score (nSPS) is 30.4. The lowest BCUT2D eigenvalue weighted by molar-refractivity contribution is -0.135. The number of nitrogen functional groups attached to an aromatic ring is 1. The second-order valence-electron chi connectivity index (χ2n) is 5.99. The van der Waals surface area contributed by atoms with Crippen molar-refractivity contribution in [3.8, 4) is 0 Å². The first kappa shape index (κ1) is 14.3. The van der Waals surface area contributed by atoms with Crippen LogP contribution < -0.4 is 16.8 Å². The van der Waals surface area contributed by atoms with Crippen LogP contribution in [0.3, 0.4) is 0 Å². The Morgan fingerprint density at radius 2 is 2.29 bits per heavy atom. The highest BCUT2D eigenvalue weighted by Gasteiger charge is 2.48. The molecule has 2 saturated heterocycles. The summed E-state index contributed by atoms with van der Waals surface area (Å²) < 4.78 is 0. The molecule has 0 bridgehead atoms. The number of rotatable bonds is 3. The number of hydrogen-bond donors (Lipinski definition) is 3. The highest BCUT2D eigenvalue weighted by atomic mass is 16.1. The molecule has 1 amide bonds. The molecule has 0 radical (unpaired) electrons. The third kappa shape index (κ3) is 2.38. The Balaban J connectivity index is 2.03. The number of carbonyl (C=O) groups excluding carboxylic acids is 1. The van der Waals surface area contributed by atoms with Gasteiger partial charge in [-0.05, 0) is 44.8 Å². The van der Waals surface area contributed by atoms with Crippen molar-refractivity contribution >= 4 is 11.7 Å². The molecular weight excluding hydrogens is 266 g/mol. The monoisotopic (exact) mass is 289 g/mol. The lowest BCUT2D eigenvalue weighted by atomic mass is 9.79. The van der Waals surface area contributed by atoms with Crippen LogP contribution in [0.5, 0.6) is 0 Å². The number of carbonyl (C=O) groups is 1. The van der Waals surface area contributed by atoms with Gasteiger partial charge >= 0.3 is 0 Å². The first-order valence-corrected chi connectivity index (χ1v) is 7.64. The summed E-state index contributed by atoms with van der Waals surface area (Å²) in [7, 11) is 0. The van der Waals surface area contributed by atoms with Crippen LogP contribution in [0.1, 0.15) is 31.2 Å². The maximum Gasteiger partial charge on any atom is 0.242 e. The molecule has 5 N–H and O–H groups in total. The van der Waals surface area contributed by atoms with Gasteiger partial charge in [0.25, 0.3) is 0 Å². The molecule has 6 nitrogen and oxygen atoms in total. The predicted octanol–water partition coefficient (Wildman–Crippen LogP) is 0.192. The molecule has 1 aromatic rings. The van der Waals surface area contributed by atoms with Gasteiger partial charge in [-0.15, -0.1) is 0 Å². The number of nitrogens with two attached hydrogens (primary N) is 2. The molecule has 2 aliphatic heterocycles. The smallest absolute Gasteiger partial charge is 0.242 e. The van der Waals surface area contributed by atoms with Crippen molar-refractivity contribution in [1.82, 2.24) is 15.2 Å². The predicted molar refractivity (Wildman–Crippen MR) is 81.4 cm³/mol. The average Bonchev–Trinajstić information content (AvgIpc) is 3.01. The van der Waals surface area contributed by atoms with E-state index >= 15 is 0 Å². The minimum Gasteiger partial charge on any atom is -0.384 e. The van der Waals surface area contributed by atoms with Crippen LogP contribution in [-0.2, 0) is 10.3 Å². The molecule has 21 heavy (non-hydrogen) atoms. The summed E-state index contributed by atoms with van der Waals surface area (Å²) in [6, 6.07) is 4.00. The molecule has 2 unspecified atom stereocenters. The topological polar surface area (TPSA) is 97.3 Å². The van der Waals surface area contributed by atoms with E-state index < -0.39 is 5.54 Å². The van der Waals surface area contributed by atoms with E-state index in [-0.39, 0.29) is 5.91 Å². The van der Waals surface area contributed by atoms with Crippen LogP contribution in [-0.4, -0.2) is 41.5 Å². The number of aromatic nitrogens is 1. The fourth-order valence-electron chi connectivity index (χ4n) is 3.76. The van der Waals surface area contributed by atoms with Crippen molar-refractivity contribution in [3.05, 3.63) is 23.9 Å². The van der Waals surface area contributed by atoms with Crippen LogP contribution >= 0.6 is 0 Å². The van der Waals surface area contributed by atoms with Crippen LogP contribution in [0.2, 0.25) is 0 Å². The number of pyridine rings is 1. The summed E-state index contributed by atoms with van der Waals surface area (Å²) in [5, 5.41) is 3.38. The molecular formula is C15H23N5O. The summed E-state index contributed by atoms with van der Waals surface area (Å²) in [6.45, 7) is 2.81. The van der Waals surface area contributed by atoms with Gasteiger partial charge in [-0.25, -0.2) is 4.98 Å². The maximum absolute atomic E-state index is 12.4. The first-order valence-electron chi connectivity index (χ1n) is 7.64. The van der Waals surface area contributed by atoms with E-state index in [2.05, 4.69) is 15.2 Å². The molecule has 6 heteroatoms. The quantitative estimate of drug-likeness (QED) is 0.738. The van der Waals surface area contributed by atoms with E-state index in [1.165, 1.54) is 0 Å². The largest absolute Gasteiger partial charge is 0.384 e. The molecule has 0 spiro atoms. The molecule has 2 fully saturated rings. The minimum absolute atomic E-state index is 0.277. The number of nitrogens with one attached hydrogen (secondary N) is 1. The zero-order chi connectivity index (χ0) is 14.9. The summed E-state index contributed by atoms with van der Waals surface area (Å²) >= 11 is 0. The van der Waals surface area contributed by atoms with Crippen molar-refractivity contribution in [2.75, 3.05) is 25.4 Å². The Bertz CT molecular complexity index is 511. The zero-order valence-corrected chi connectivity index (χ0v) is 12.2. The van der Waals surface area contributed by atoms with Gasteiger partial charge in [0.05, 0.1) is 0 Å². The van der Waals surface area contributed by atoms with Crippen molar-refractivity contribution in [2.45, 2.75) is 37.3 Å². The number of primary amides is 1. The highest BCUT2D eigenvalue weighted by molar-refractivity contribution is 5.86. The van der Waals surface area contributed by atoms with Gasteiger partial charge in [0.15, 0.2) is 0 Å². The number of hydrogen-bond acceptors (Lipinski definition) is 5. The molecule has 0 saturated carbocycles. The number of piperidine rings is 1. The Kier molecular flexibility index (Phi) is 3.82. The lowest BCUT2D eigenvalue weighted by Crippen LogP contribution is -2.61. The van der Waals surface area contributed by atoms with Gasteiger partial charge in [0, 0.05) is 24.3 Å². The number of likely N-dealkylation sites (tertiary alicyclic amines) is 1. The summed E-state index contributed by atoms with van der Waals surface area (Å²) in [4.78, 5) is 18.9. The van der Waals surface area contributed by atoms with Crippen molar-refractivity contribution < 1.29 is 4.79 Å². The van der Waals surface area contributed by atoms with Gasteiger partial charge in [-0.3, -0.25) is 9.69 Å². The van der Waals surface area contributed by atoms with E-state index in [9.17, 15) is 4.79 Å². The molecule has 1 aromatic heterocycles. The fourth-order valence-corrected chi connectivity index (χ4v) is 3.76. The maximum atomic E-state index is 12.4. The van der Waals surface area contributed by atoms with Crippen LogP contribution in [0.4, 0.5) is 5.82 Å². The van der Waals surface area contributed by atoms with Crippen molar-refractivity contribution in [2.24, 2.45) is 5.73 Å². The van der Waals surface area contributed by atoms with E-state index in [1.807, 2.05) is 6.07 Å². The van der Waals surface area contributed by atoms with Gasteiger partial charge < -0.3 is 16.8 Å². The van der Waals surface area contributed by atoms with Crippen molar-refractivity contribution in [1.29, 1.82) is 0 Å². The van der Waals surface area contributed by atoms with Crippen LogP contribution in [0.15, 0.2) is 18.3 Å². The van der Waals surface area contributed by atoms with E-state index in [0.29, 0.717) is 11.9 Å². The second kappa shape index (κ2) is 5.61. The number of amides is 1.